The number of hydrogen-bond donors (Lipinski definition) is 2. The number of hydrogen-bond acceptors (Lipinski definition) is 5. The fourth-order valence-electron chi connectivity index (χ4n) is 1.37. The quantitative estimate of drug-likeness (QED) is 0.602. The van der Waals surface area contributed by atoms with Crippen LogP contribution in [0, 0.1) is 0 Å². The van der Waals surface area contributed by atoms with Crippen molar-refractivity contribution < 1.29 is 19.1 Å². The van der Waals surface area contributed by atoms with Crippen molar-refractivity contribution in [3.63, 3.8) is 0 Å². The number of esters is 1. The molecule has 1 unspecified atom stereocenters. The van der Waals surface area contributed by atoms with Gasteiger partial charge in [0.25, 0.3) is 0 Å². The summed E-state index contributed by atoms with van der Waals surface area (Å²) in [7, 11) is 2.90. The van der Waals surface area contributed by atoms with Gasteiger partial charge in [-0.3, -0.25) is 4.79 Å². The van der Waals surface area contributed by atoms with E-state index >= 15 is 0 Å². The van der Waals surface area contributed by atoms with Gasteiger partial charge in [0.2, 0.25) is 5.91 Å². The van der Waals surface area contributed by atoms with Crippen LogP contribution in [0.25, 0.3) is 0 Å². The molecule has 0 saturated carbocycles. The minimum absolute atomic E-state index is 0.272. The molecule has 0 aliphatic rings. The van der Waals surface area contributed by atoms with E-state index in [1.807, 2.05) is 13.8 Å². The Morgan fingerprint density at radius 3 is 2.29 bits per heavy atom. The van der Waals surface area contributed by atoms with Crippen LogP contribution >= 0.6 is 0 Å². The summed E-state index contributed by atoms with van der Waals surface area (Å²) in [6.07, 6.45) is 0. The second-order valence-corrected chi connectivity index (χ2v) is 4.47. The first kappa shape index (κ1) is 15.9. The van der Waals surface area contributed by atoms with Gasteiger partial charge in [0.05, 0.1) is 13.7 Å². The molecule has 0 fully saturated rings. The second kappa shape index (κ2) is 7.24. The lowest BCUT2D eigenvalue weighted by Gasteiger charge is -2.27. The Hall–Kier alpha value is -1.14. The van der Waals surface area contributed by atoms with Gasteiger partial charge in [-0.2, -0.15) is 0 Å². The smallest absolute Gasteiger partial charge is 0.329 e. The van der Waals surface area contributed by atoms with Crippen molar-refractivity contribution in [2.75, 3.05) is 27.4 Å². The standard InChI is InChI=1S/C11H22N2O4/c1-8(14)13-9(10(15)17-5)6-12-11(2,3)7-16-4/h9,12H,6-7H2,1-5H3,(H,13,14). The molecule has 0 rings (SSSR count). The molecule has 6 nitrogen and oxygen atoms in total. The number of ether oxygens (including phenoxy) is 2. The lowest BCUT2D eigenvalue weighted by molar-refractivity contribution is -0.144. The SMILES string of the molecule is COCC(C)(C)NCC(NC(C)=O)C(=O)OC. The molecule has 1 amide bonds. The molecule has 0 spiro atoms. The van der Waals surface area contributed by atoms with Gasteiger partial charge in [-0.05, 0) is 13.8 Å². The molecular formula is C11H22N2O4. The number of nitrogens with one attached hydrogen (secondary N) is 2. The normalized spacial score (nSPS) is 13.0. The Morgan fingerprint density at radius 2 is 1.88 bits per heavy atom. The molecule has 0 saturated heterocycles. The molecule has 6 heteroatoms. The lowest BCUT2D eigenvalue weighted by atomic mass is 10.1. The molecule has 0 radical (unpaired) electrons. The Kier molecular flexibility index (Phi) is 6.75. The van der Waals surface area contributed by atoms with Crippen molar-refractivity contribution in [1.82, 2.24) is 10.6 Å². The zero-order valence-corrected chi connectivity index (χ0v) is 11.1. The highest BCUT2D eigenvalue weighted by Crippen LogP contribution is 2.02. The van der Waals surface area contributed by atoms with Crippen molar-refractivity contribution in [2.24, 2.45) is 0 Å². The average Bonchev–Trinajstić information content (AvgIpc) is 2.22. The van der Waals surface area contributed by atoms with Crippen LogP contribution in [0.2, 0.25) is 0 Å². The Morgan fingerprint density at radius 1 is 1.29 bits per heavy atom. The van der Waals surface area contributed by atoms with Gasteiger partial charge in [0.15, 0.2) is 0 Å². The van der Waals surface area contributed by atoms with E-state index in [0.717, 1.165) is 0 Å². The minimum atomic E-state index is -0.686. The lowest BCUT2D eigenvalue weighted by Crippen LogP contribution is -2.53. The van der Waals surface area contributed by atoms with Crippen molar-refractivity contribution in [3.8, 4) is 0 Å². The summed E-state index contributed by atoms with van der Waals surface area (Å²) >= 11 is 0. The van der Waals surface area contributed by atoms with Gasteiger partial charge in [0.1, 0.15) is 6.04 Å². The summed E-state index contributed by atoms with van der Waals surface area (Å²) in [4.78, 5) is 22.4. The molecule has 1 atom stereocenters. The van der Waals surface area contributed by atoms with E-state index in [1.54, 1.807) is 7.11 Å². The molecule has 0 bridgehead atoms. The third kappa shape index (κ3) is 6.91. The first-order valence-electron chi connectivity index (χ1n) is 5.41. The fourth-order valence-corrected chi connectivity index (χ4v) is 1.37. The van der Waals surface area contributed by atoms with Crippen LogP contribution in [-0.2, 0) is 19.1 Å². The molecule has 0 aromatic heterocycles. The van der Waals surface area contributed by atoms with Crippen LogP contribution in [0.5, 0.6) is 0 Å². The number of carbonyl (C=O) groups is 2. The highest BCUT2D eigenvalue weighted by molar-refractivity contribution is 5.83. The zero-order chi connectivity index (χ0) is 13.5. The molecule has 0 aromatic rings. The van der Waals surface area contributed by atoms with Gasteiger partial charge < -0.3 is 20.1 Å². The van der Waals surface area contributed by atoms with Gasteiger partial charge >= 0.3 is 5.97 Å². The van der Waals surface area contributed by atoms with Crippen LogP contribution in [0.4, 0.5) is 0 Å². The molecule has 0 aromatic carbocycles. The topological polar surface area (TPSA) is 76.7 Å². The predicted molar refractivity (Wildman–Crippen MR) is 63.6 cm³/mol. The molecule has 17 heavy (non-hydrogen) atoms. The van der Waals surface area contributed by atoms with Crippen molar-refractivity contribution in [1.29, 1.82) is 0 Å². The molecule has 2 N–H and O–H groups in total. The number of amides is 1. The molecule has 0 aliphatic heterocycles. The monoisotopic (exact) mass is 246 g/mol. The van der Waals surface area contributed by atoms with Gasteiger partial charge in [-0.15, -0.1) is 0 Å². The van der Waals surface area contributed by atoms with Gasteiger partial charge in [-0.1, -0.05) is 0 Å². The highest BCUT2D eigenvalue weighted by atomic mass is 16.5. The second-order valence-electron chi connectivity index (χ2n) is 4.47. The van der Waals surface area contributed by atoms with E-state index in [1.165, 1.54) is 14.0 Å². The largest absolute Gasteiger partial charge is 0.467 e. The van der Waals surface area contributed by atoms with Crippen LogP contribution in [0.3, 0.4) is 0 Å². The maximum absolute atomic E-state index is 11.4. The van der Waals surface area contributed by atoms with E-state index in [4.69, 9.17) is 4.74 Å². The van der Waals surface area contributed by atoms with Crippen LogP contribution in [0.1, 0.15) is 20.8 Å². The molecule has 100 valence electrons. The summed E-state index contributed by atoms with van der Waals surface area (Å²) in [6.45, 7) is 6.04. The first-order chi connectivity index (χ1) is 7.82. The maximum Gasteiger partial charge on any atom is 0.329 e. The maximum atomic E-state index is 11.4. The van der Waals surface area contributed by atoms with Crippen LogP contribution < -0.4 is 10.6 Å². The Labute approximate surface area is 102 Å². The van der Waals surface area contributed by atoms with E-state index in [-0.39, 0.29) is 11.4 Å². The van der Waals surface area contributed by atoms with Crippen molar-refractivity contribution in [3.05, 3.63) is 0 Å². The highest BCUT2D eigenvalue weighted by Gasteiger charge is 2.24. The van der Waals surface area contributed by atoms with E-state index in [9.17, 15) is 9.59 Å². The Balaban J connectivity index is 4.34. The van der Waals surface area contributed by atoms with E-state index in [0.29, 0.717) is 13.2 Å². The average molecular weight is 246 g/mol. The van der Waals surface area contributed by atoms with Crippen molar-refractivity contribution in [2.45, 2.75) is 32.4 Å². The number of rotatable bonds is 7. The zero-order valence-electron chi connectivity index (χ0n) is 11.1. The molecule has 0 aliphatic carbocycles. The molecular weight excluding hydrogens is 224 g/mol. The van der Waals surface area contributed by atoms with Gasteiger partial charge in [0, 0.05) is 26.1 Å². The summed E-state index contributed by atoms with van der Waals surface area (Å²) in [5, 5.41) is 5.67. The first-order valence-corrected chi connectivity index (χ1v) is 5.41. The van der Waals surface area contributed by atoms with E-state index in [2.05, 4.69) is 15.4 Å². The third-order valence-corrected chi connectivity index (χ3v) is 2.15. The summed E-state index contributed by atoms with van der Waals surface area (Å²) in [5.41, 5.74) is -0.278. The summed E-state index contributed by atoms with van der Waals surface area (Å²) in [5.74, 6) is -0.743. The number of methoxy groups -OCH3 is 2. The Bertz CT molecular complexity index is 266. The van der Waals surface area contributed by atoms with Crippen molar-refractivity contribution >= 4 is 11.9 Å². The summed E-state index contributed by atoms with van der Waals surface area (Å²) < 4.78 is 9.65. The third-order valence-electron chi connectivity index (χ3n) is 2.15. The summed E-state index contributed by atoms with van der Waals surface area (Å²) in [6, 6.07) is -0.686. The predicted octanol–water partition coefficient (Wildman–Crippen LogP) is -0.321. The number of carbonyl (C=O) groups excluding carboxylic acids is 2. The van der Waals surface area contributed by atoms with Crippen LogP contribution in [0.15, 0.2) is 0 Å². The van der Waals surface area contributed by atoms with E-state index < -0.39 is 12.0 Å². The minimum Gasteiger partial charge on any atom is -0.467 e. The van der Waals surface area contributed by atoms with Crippen LogP contribution in [-0.4, -0.2) is 50.8 Å². The fraction of sp³-hybridized carbons (Fsp3) is 0.818. The molecule has 0 heterocycles. The van der Waals surface area contributed by atoms with Gasteiger partial charge in [-0.25, -0.2) is 4.79 Å².